The van der Waals surface area contributed by atoms with Crippen LogP contribution in [0.2, 0.25) is 0 Å². The third-order valence-corrected chi connectivity index (χ3v) is 2.82. The summed E-state index contributed by atoms with van der Waals surface area (Å²) in [4.78, 5) is 11.9. The SMILES string of the molecule is CCOC(=O)C1(C)C=Cc2ccccc21. The van der Waals surface area contributed by atoms with Gasteiger partial charge in [0.25, 0.3) is 0 Å². The largest absolute Gasteiger partial charge is 0.465 e. The average molecular weight is 202 g/mol. The number of carbonyl (C=O) groups excluding carboxylic acids is 1. The number of benzene rings is 1. The van der Waals surface area contributed by atoms with E-state index >= 15 is 0 Å². The maximum absolute atomic E-state index is 11.9. The molecule has 0 aliphatic heterocycles. The number of rotatable bonds is 2. The molecule has 78 valence electrons. The van der Waals surface area contributed by atoms with E-state index < -0.39 is 5.41 Å². The highest BCUT2D eigenvalue weighted by Crippen LogP contribution is 2.36. The van der Waals surface area contributed by atoms with Crippen LogP contribution in [0.4, 0.5) is 0 Å². The lowest BCUT2D eigenvalue weighted by Gasteiger charge is -2.21. The van der Waals surface area contributed by atoms with Crippen molar-refractivity contribution >= 4 is 12.0 Å². The zero-order valence-electron chi connectivity index (χ0n) is 8.99. The van der Waals surface area contributed by atoms with Gasteiger partial charge >= 0.3 is 5.97 Å². The minimum Gasteiger partial charge on any atom is -0.465 e. The molecule has 2 rings (SSSR count). The number of carbonyl (C=O) groups is 1. The predicted octanol–water partition coefficient (Wildman–Crippen LogP) is 2.53. The van der Waals surface area contributed by atoms with Gasteiger partial charge in [-0.3, -0.25) is 4.79 Å². The Kier molecular flexibility index (Phi) is 2.35. The fourth-order valence-electron chi connectivity index (χ4n) is 1.92. The highest BCUT2D eigenvalue weighted by atomic mass is 16.5. The first-order valence-electron chi connectivity index (χ1n) is 5.14. The van der Waals surface area contributed by atoms with Crippen molar-refractivity contribution in [3.8, 4) is 0 Å². The van der Waals surface area contributed by atoms with Crippen LogP contribution in [0.25, 0.3) is 6.08 Å². The quantitative estimate of drug-likeness (QED) is 0.689. The third kappa shape index (κ3) is 1.46. The molecular weight excluding hydrogens is 188 g/mol. The van der Waals surface area contributed by atoms with E-state index in [1.165, 1.54) is 0 Å². The van der Waals surface area contributed by atoms with Crippen LogP contribution >= 0.6 is 0 Å². The number of ether oxygens (including phenoxy) is 1. The van der Waals surface area contributed by atoms with Crippen LogP contribution in [-0.4, -0.2) is 12.6 Å². The molecular formula is C13H14O2. The van der Waals surface area contributed by atoms with Gasteiger partial charge in [0.1, 0.15) is 5.41 Å². The van der Waals surface area contributed by atoms with Crippen molar-refractivity contribution in [3.63, 3.8) is 0 Å². The van der Waals surface area contributed by atoms with E-state index in [4.69, 9.17) is 4.74 Å². The van der Waals surface area contributed by atoms with Gasteiger partial charge in [-0.15, -0.1) is 0 Å². The van der Waals surface area contributed by atoms with E-state index in [1.54, 1.807) is 0 Å². The van der Waals surface area contributed by atoms with Crippen molar-refractivity contribution in [2.45, 2.75) is 19.3 Å². The Labute approximate surface area is 89.6 Å². The predicted molar refractivity (Wildman–Crippen MR) is 59.5 cm³/mol. The van der Waals surface area contributed by atoms with Gasteiger partial charge in [0, 0.05) is 0 Å². The highest BCUT2D eigenvalue weighted by Gasteiger charge is 2.38. The summed E-state index contributed by atoms with van der Waals surface area (Å²) in [7, 11) is 0. The summed E-state index contributed by atoms with van der Waals surface area (Å²) in [5, 5.41) is 0. The molecule has 0 amide bonds. The summed E-state index contributed by atoms with van der Waals surface area (Å²) in [6.45, 7) is 4.14. The monoisotopic (exact) mass is 202 g/mol. The molecule has 0 fully saturated rings. The van der Waals surface area contributed by atoms with E-state index in [1.807, 2.05) is 50.3 Å². The Balaban J connectivity index is 2.41. The van der Waals surface area contributed by atoms with Gasteiger partial charge in [0.2, 0.25) is 0 Å². The van der Waals surface area contributed by atoms with E-state index in [0.29, 0.717) is 6.61 Å². The molecule has 1 atom stereocenters. The van der Waals surface area contributed by atoms with Gasteiger partial charge in [0.15, 0.2) is 0 Å². The van der Waals surface area contributed by atoms with Gasteiger partial charge < -0.3 is 4.74 Å². The second kappa shape index (κ2) is 3.54. The highest BCUT2D eigenvalue weighted by molar-refractivity contribution is 5.90. The Bertz CT molecular complexity index is 420. The number of fused-ring (bicyclic) bond motifs is 1. The molecule has 0 radical (unpaired) electrons. The maximum atomic E-state index is 11.9. The summed E-state index contributed by atoms with van der Waals surface area (Å²) in [5.74, 6) is -0.175. The van der Waals surface area contributed by atoms with Gasteiger partial charge in [-0.05, 0) is 25.0 Å². The van der Waals surface area contributed by atoms with Gasteiger partial charge in [0.05, 0.1) is 6.61 Å². The molecule has 15 heavy (non-hydrogen) atoms. The van der Waals surface area contributed by atoms with E-state index in [0.717, 1.165) is 11.1 Å². The molecule has 1 aliphatic carbocycles. The van der Waals surface area contributed by atoms with Crippen molar-refractivity contribution in [1.82, 2.24) is 0 Å². The molecule has 0 bridgehead atoms. The Morgan fingerprint density at radius 2 is 2.13 bits per heavy atom. The van der Waals surface area contributed by atoms with Crippen LogP contribution in [-0.2, 0) is 14.9 Å². The Hall–Kier alpha value is -1.57. The lowest BCUT2D eigenvalue weighted by atomic mass is 9.85. The number of esters is 1. The molecule has 0 N–H and O–H groups in total. The van der Waals surface area contributed by atoms with Crippen LogP contribution in [0.15, 0.2) is 30.3 Å². The molecule has 2 nitrogen and oxygen atoms in total. The van der Waals surface area contributed by atoms with Crippen molar-refractivity contribution in [2.75, 3.05) is 6.61 Å². The molecule has 0 heterocycles. The minimum absolute atomic E-state index is 0.175. The third-order valence-electron chi connectivity index (χ3n) is 2.82. The molecule has 1 aromatic rings. The molecule has 1 aromatic carbocycles. The first-order valence-corrected chi connectivity index (χ1v) is 5.14. The maximum Gasteiger partial charge on any atom is 0.320 e. The molecule has 1 unspecified atom stereocenters. The second-order valence-corrected chi connectivity index (χ2v) is 3.84. The molecule has 1 aliphatic rings. The first kappa shape index (κ1) is 9.97. The van der Waals surface area contributed by atoms with Crippen molar-refractivity contribution < 1.29 is 9.53 Å². The van der Waals surface area contributed by atoms with Crippen LogP contribution in [0, 0.1) is 0 Å². The molecule has 0 aromatic heterocycles. The summed E-state index contributed by atoms with van der Waals surface area (Å²) in [6, 6.07) is 7.91. The van der Waals surface area contributed by atoms with E-state index in [2.05, 4.69) is 0 Å². The van der Waals surface area contributed by atoms with Crippen LogP contribution in [0.5, 0.6) is 0 Å². The van der Waals surface area contributed by atoms with E-state index in [-0.39, 0.29) is 5.97 Å². The van der Waals surface area contributed by atoms with Crippen molar-refractivity contribution in [3.05, 3.63) is 41.5 Å². The van der Waals surface area contributed by atoms with Crippen LogP contribution in [0.1, 0.15) is 25.0 Å². The zero-order chi connectivity index (χ0) is 10.9. The molecule has 2 heteroatoms. The first-order chi connectivity index (χ1) is 7.18. The van der Waals surface area contributed by atoms with E-state index in [9.17, 15) is 4.79 Å². The second-order valence-electron chi connectivity index (χ2n) is 3.84. The summed E-state index contributed by atoms with van der Waals surface area (Å²) in [6.07, 6.45) is 3.89. The standard InChI is InChI=1S/C13H14O2/c1-3-15-12(14)13(2)9-8-10-6-4-5-7-11(10)13/h4-9H,3H2,1-2H3. The topological polar surface area (TPSA) is 26.3 Å². The minimum atomic E-state index is -0.605. The fraction of sp³-hybridized carbons (Fsp3) is 0.308. The molecule has 0 saturated heterocycles. The number of hydrogen-bond donors (Lipinski definition) is 0. The lowest BCUT2D eigenvalue weighted by Crippen LogP contribution is -2.31. The summed E-state index contributed by atoms with van der Waals surface area (Å²) < 4.78 is 5.10. The van der Waals surface area contributed by atoms with Crippen LogP contribution in [0.3, 0.4) is 0 Å². The normalized spacial score (nSPS) is 22.5. The Morgan fingerprint density at radius 1 is 1.40 bits per heavy atom. The molecule has 0 spiro atoms. The van der Waals surface area contributed by atoms with Crippen LogP contribution < -0.4 is 0 Å². The van der Waals surface area contributed by atoms with Crippen molar-refractivity contribution in [1.29, 1.82) is 0 Å². The van der Waals surface area contributed by atoms with Gasteiger partial charge in [-0.25, -0.2) is 0 Å². The molecule has 0 saturated carbocycles. The smallest absolute Gasteiger partial charge is 0.320 e. The average Bonchev–Trinajstić information content (AvgIpc) is 2.59. The summed E-state index contributed by atoms with van der Waals surface area (Å²) in [5.41, 5.74) is 1.53. The fourth-order valence-corrected chi connectivity index (χ4v) is 1.92. The Morgan fingerprint density at radius 3 is 2.87 bits per heavy atom. The summed E-state index contributed by atoms with van der Waals surface area (Å²) >= 11 is 0. The number of hydrogen-bond acceptors (Lipinski definition) is 2. The van der Waals surface area contributed by atoms with Gasteiger partial charge in [-0.2, -0.15) is 0 Å². The van der Waals surface area contributed by atoms with Gasteiger partial charge in [-0.1, -0.05) is 36.4 Å². The zero-order valence-corrected chi connectivity index (χ0v) is 8.99. The lowest BCUT2D eigenvalue weighted by molar-refractivity contribution is -0.147. The van der Waals surface area contributed by atoms with Crippen molar-refractivity contribution in [2.24, 2.45) is 0 Å².